The van der Waals surface area contributed by atoms with Crippen LogP contribution in [0, 0.1) is 0 Å². The largest absolute Gasteiger partial charge is 0.477 e. The van der Waals surface area contributed by atoms with Gasteiger partial charge in [0.15, 0.2) is 0 Å². The molecule has 2 aromatic rings. The second-order valence-electron chi connectivity index (χ2n) is 2.57. The van der Waals surface area contributed by atoms with Crippen LogP contribution in [-0.4, -0.2) is 11.1 Å². The zero-order valence-electron chi connectivity index (χ0n) is 6.86. The lowest BCUT2D eigenvalue weighted by Crippen LogP contribution is -1.93. The molecule has 0 amide bonds. The molecule has 0 aliphatic carbocycles. The summed E-state index contributed by atoms with van der Waals surface area (Å²) in [4.78, 5) is 11.1. The smallest absolute Gasteiger partial charge is 0.346 e. The molecule has 0 atom stereocenters. The van der Waals surface area contributed by atoms with Crippen LogP contribution in [0.4, 0.5) is 0 Å². The monoisotopic (exact) mass is 272 g/mol. The zero-order valence-corrected chi connectivity index (χ0v) is 9.26. The minimum atomic E-state index is -0.932. The highest BCUT2D eigenvalue weighted by molar-refractivity contribution is 9.10. The third kappa shape index (κ3) is 1.49. The average Bonchev–Trinajstić information content (AvgIpc) is 2.70. The van der Waals surface area contributed by atoms with Crippen molar-refractivity contribution in [2.75, 3.05) is 0 Å². The van der Waals surface area contributed by atoms with Gasteiger partial charge in [0.05, 0.1) is 10.7 Å². The van der Waals surface area contributed by atoms with Crippen molar-refractivity contribution in [1.82, 2.24) is 0 Å². The first-order valence-corrected chi connectivity index (χ1v) is 5.41. The molecule has 2 aromatic heterocycles. The van der Waals surface area contributed by atoms with E-state index in [9.17, 15) is 4.79 Å². The van der Waals surface area contributed by atoms with Gasteiger partial charge in [0.2, 0.25) is 0 Å². The van der Waals surface area contributed by atoms with Crippen LogP contribution in [0.3, 0.4) is 0 Å². The Balaban J connectivity index is 2.57. The van der Waals surface area contributed by atoms with Crippen LogP contribution in [0.2, 0.25) is 0 Å². The fourth-order valence-corrected chi connectivity index (χ4v) is 2.28. The third-order valence-corrected chi connectivity index (χ3v) is 3.25. The van der Waals surface area contributed by atoms with Gasteiger partial charge in [-0.05, 0) is 33.4 Å². The Morgan fingerprint density at radius 2 is 2.29 bits per heavy atom. The van der Waals surface area contributed by atoms with Gasteiger partial charge in [-0.1, -0.05) is 0 Å². The van der Waals surface area contributed by atoms with E-state index in [1.807, 2.05) is 0 Å². The third-order valence-electron chi connectivity index (χ3n) is 1.72. The summed E-state index contributed by atoms with van der Waals surface area (Å²) in [5.41, 5.74) is 0.611. The van der Waals surface area contributed by atoms with Crippen molar-refractivity contribution in [2.45, 2.75) is 0 Å². The quantitative estimate of drug-likeness (QED) is 0.911. The number of carboxylic acid groups (broad SMARTS) is 1. The zero-order chi connectivity index (χ0) is 10.1. The van der Waals surface area contributed by atoms with Crippen molar-refractivity contribution in [1.29, 1.82) is 0 Å². The predicted octanol–water partition coefficient (Wildman–Crippen LogP) is 3.47. The number of thiophene rings is 1. The molecule has 0 fully saturated rings. The summed E-state index contributed by atoms with van der Waals surface area (Å²) in [7, 11) is 0. The standard InChI is InChI=1S/C9H5BrO3S/c10-6-1-3-13-7(6)5-2-4-14-8(5)9(11)12/h1-4H,(H,11,12). The van der Waals surface area contributed by atoms with Crippen molar-refractivity contribution >= 4 is 33.2 Å². The number of aromatic carboxylic acids is 1. The number of halogens is 1. The Morgan fingerprint density at radius 1 is 1.50 bits per heavy atom. The van der Waals surface area contributed by atoms with Gasteiger partial charge in [-0.25, -0.2) is 4.79 Å². The van der Waals surface area contributed by atoms with E-state index in [0.29, 0.717) is 16.2 Å². The first-order valence-electron chi connectivity index (χ1n) is 3.74. The predicted molar refractivity (Wildman–Crippen MR) is 56.7 cm³/mol. The Hall–Kier alpha value is -1.07. The Kier molecular flexibility index (Phi) is 2.43. The molecular weight excluding hydrogens is 268 g/mol. The fraction of sp³-hybridized carbons (Fsp3) is 0. The summed E-state index contributed by atoms with van der Waals surface area (Å²) >= 11 is 4.47. The molecule has 0 aliphatic heterocycles. The Bertz CT molecular complexity index is 472. The van der Waals surface area contributed by atoms with Crippen LogP contribution in [0.1, 0.15) is 9.67 Å². The number of hydrogen-bond acceptors (Lipinski definition) is 3. The molecule has 0 saturated heterocycles. The number of hydrogen-bond donors (Lipinski definition) is 1. The van der Waals surface area contributed by atoms with Crippen molar-refractivity contribution < 1.29 is 14.3 Å². The highest BCUT2D eigenvalue weighted by Crippen LogP contribution is 2.34. The van der Waals surface area contributed by atoms with Gasteiger partial charge in [0.25, 0.3) is 0 Å². The summed E-state index contributed by atoms with van der Waals surface area (Å²) in [6, 6.07) is 3.47. The van der Waals surface area contributed by atoms with Crippen LogP contribution in [0.25, 0.3) is 11.3 Å². The number of furan rings is 1. The van der Waals surface area contributed by atoms with E-state index in [1.165, 1.54) is 17.6 Å². The average molecular weight is 273 g/mol. The molecule has 0 spiro atoms. The second kappa shape index (κ2) is 3.59. The highest BCUT2D eigenvalue weighted by atomic mass is 79.9. The van der Waals surface area contributed by atoms with Gasteiger partial charge >= 0.3 is 5.97 Å². The Labute approximate surface area is 92.1 Å². The van der Waals surface area contributed by atoms with Crippen LogP contribution >= 0.6 is 27.3 Å². The topological polar surface area (TPSA) is 50.4 Å². The number of carboxylic acids is 1. The molecule has 1 N–H and O–H groups in total. The van der Waals surface area contributed by atoms with E-state index in [-0.39, 0.29) is 0 Å². The molecule has 3 nitrogen and oxygen atoms in total. The molecule has 0 saturated carbocycles. The van der Waals surface area contributed by atoms with Gasteiger partial charge in [0.1, 0.15) is 10.6 Å². The highest BCUT2D eigenvalue weighted by Gasteiger charge is 2.17. The lowest BCUT2D eigenvalue weighted by molar-refractivity contribution is 0.0702. The SMILES string of the molecule is O=C(O)c1sccc1-c1occc1Br. The van der Waals surface area contributed by atoms with Gasteiger partial charge in [-0.3, -0.25) is 0 Å². The normalized spacial score (nSPS) is 10.4. The van der Waals surface area contributed by atoms with E-state index < -0.39 is 5.97 Å². The number of rotatable bonds is 2. The maximum Gasteiger partial charge on any atom is 0.346 e. The van der Waals surface area contributed by atoms with Gasteiger partial charge in [-0.2, -0.15) is 0 Å². The van der Waals surface area contributed by atoms with Crippen molar-refractivity contribution in [3.8, 4) is 11.3 Å². The molecule has 0 aliphatic rings. The molecule has 72 valence electrons. The van der Waals surface area contributed by atoms with Crippen LogP contribution < -0.4 is 0 Å². The first-order chi connectivity index (χ1) is 6.70. The molecular formula is C9H5BrO3S. The van der Waals surface area contributed by atoms with E-state index in [4.69, 9.17) is 9.52 Å². The summed E-state index contributed by atoms with van der Waals surface area (Å²) in [5, 5.41) is 10.6. The van der Waals surface area contributed by atoms with Crippen LogP contribution in [0.5, 0.6) is 0 Å². The lowest BCUT2D eigenvalue weighted by Gasteiger charge is -1.95. The van der Waals surface area contributed by atoms with Crippen LogP contribution in [-0.2, 0) is 0 Å². The summed E-state index contributed by atoms with van der Waals surface area (Å²) < 4.78 is 5.96. The molecule has 2 rings (SSSR count). The molecule has 0 bridgehead atoms. The Morgan fingerprint density at radius 3 is 2.86 bits per heavy atom. The molecule has 0 radical (unpaired) electrons. The van der Waals surface area contributed by atoms with Crippen molar-refractivity contribution in [3.63, 3.8) is 0 Å². The lowest BCUT2D eigenvalue weighted by atomic mass is 10.2. The maximum atomic E-state index is 10.8. The van der Waals surface area contributed by atoms with E-state index in [2.05, 4.69) is 15.9 Å². The molecule has 0 aromatic carbocycles. The fourth-order valence-electron chi connectivity index (χ4n) is 1.14. The molecule has 2 heterocycles. The van der Waals surface area contributed by atoms with Gasteiger partial charge < -0.3 is 9.52 Å². The minimum Gasteiger partial charge on any atom is -0.477 e. The molecule has 5 heteroatoms. The summed E-state index contributed by atoms with van der Waals surface area (Å²) in [6.07, 6.45) is 1.52. The van der Waals surface area contributed by atoms with Crippen molar-refractivity contribution in [3.05, 3.63) is 33.1 Å². The molecule has 14 heavy (non-hydrogen) atoms. The van der Waals surface area contributed by atoms with E-state index in [0.717, 1.165) is 4.47 Å². The minimum absolute atomic E-state index is 0.292. The van der Waals surface area contributed by atoms with E-state index >= 15 is 0 Å². The summed E-state index contributed by atoms with van der Waals surface area (Å²) in [5.74, 6) is -0.373. The summed E-state index contributed by atoms with van der Waals surface area (Å²) in [6.45, 7) is 0. The van der Waals surface area contributed by atoms with Crippen molar-refractivity contribution in [2.24, 2.45) is 0 Å². The second-order valence-corrected chi connectivity index (χ2v) is 4.34. The van der Waals surface area contributed by atoms with E-state index in [1.54, 1.807) is 17.5 Å². The maximum absolute atomic E-state index is 10.8. The van der Waals surface area contributed by atoms with Gasteiger partial charge in [-0.15, -0.1) is 11.3 Å². The first kappa shape index (κ1) is 9.48. The molecule has 0 unspecified atom stereocenters. The van der Waals surface area contributed by atoms with Gasteiger partial charge in [0, 0.05) is 5.56 Å². The van der Waals surface area contributed by atoms with Crippen LogP contribution in [0.15, 0.2) is 32.7 Å². The number of carbonyl (C=O) groups is 1.